The van der Waals surface area contributed by atoms with Crippen molar-refractivity contribution >= 4 is 0 Å². The van der Waals surface area contributed by atoms with E-state index in [4.69, 9.17) is 4.74 Å². The van der Waals surface area contributed by atoms with E-state index in [9.17, 15) is 5.11 Å². The van der Waals surface area contributed by atoms with Gasteiger partial charge in [0.25, 0.3) is 0 Å². The normalized spacial score (nSPS) is 20.4. The smallest absolute Gasteiger partial charge is 0.126 e. The van der Waals surface area contributed by atoms with Crippen LogP contribution < -0.4 is 0 Å². The van der Waals surface area contributed by atoms with Crippen LogP contribution in [-0.4, -0.2) is 25.4 Å². The van der Waals surface area contributed by atoms with Gasteiger partial charge in [-0.3, -0.25) is 0 Å². The van der Waals surface area contributed by atoms with Crippen LogP contribution in [0.25, 0.3) is 0 Å². The highest BCUT2D eigenvalue weighted by atomic mass is 19.1. The summed E-state index contributed by atoms with van der Waals surface area (Å²) < 4.78 is 35.6. The maximum absolute atomic E-state index is 15.2. The number of methoxy groups -OCH3 is 1. The number of halogens is 2. The summed E-state index contributed by atoms with van der Waals surface area (Å²) in [5.74, 6) is 0.482. The summed E-state index contributed by atoms with van der Waals surface area (Å²) in [6.07, 6.45) is 13.7. The lowest BCUT2D eigenvalue weighted by Crippen LogP contribution is -2.17. The molecule has 0 spiro atoms. The maximum Gasteiger partial charge on any atom is 0.126 e. The topological polar surface area (TPSA) is 29.5 Å². The Balaban J connectivity index is 2.08. The largest absolute Gasteiger partial charge is 0.396 e. The third-order valence-electron chi connectivity index (χ3n) is 8.35. The monoisotopic (exact) mass is 516 g/mol. The molecule has 0 aliphatic heterocycles. The molecule has 2 nitrogen and oxygen atoms in total. The van der Waals surface area contributed by atoms with Crippen LogP contribution in [0.1, 0.15) is 99.3 Å². The first-order valence-corrected chi connectivity index (χ1v) is 14.3. The Bertz CT molecular complexity index is 961. The molecular weight excluding hydrogens is 466 g/mol. The molecule has 0 aromatic rings. The number of aliphatic hydroxyl groups excluding tert-OH is 1. The number of hydrogen-bond donors (Lipinski definition) is 1. The Morgan fingerprint density at radius 1 is 1.05 bits per heavy atom. The summed E-state index contributed by atoms with van der Waals surface area (Å²) in [4.78, 5) is 0. The molecule has 0 saturated heterocycles. The molecule has 1 N–H and O–H groups in total. The van der Waals surface area contributed by atoms with E-state index >= 15 is 8.78 Å². The number of ether oxygens (including phenoxy) is 1. The van der Waals surface area contributed by atoms with E-state index in [0.717, 1.165) is 62.5 Å². The second-order valence-corrected chi connectivity index (χ2v) is 11.2. The fourth-order valence-corrected chi connectivity index (χ4v) is 5.74. The number of hydrogen-bond acceptors (Lipinski definition) is 2. The lowest BCUT2D eigenvalue weighted by Gasteiger charge is -2.24. The SMILES string of the molecule is CCC1=C(CC)CCC(/C(C)=C(F)/C=C(\C)C2=C(F)C=C(C(C)CCC(C)CC(CO)COC)CC2)=C1. The number of aliphatic hydroxyl groups is 1. The minimum absolute atomic E-state index is 0.147. The van der Waals surface area contributed by atoms with Crippen LogP contribution in [-0.2, 0) is 4.74 Å². The highest BCUT2D eigenvalue weighted by molar-refractivity contribution is 5.48. The third-order valence-corrected chi connectivity index (χ3v) is 8.35. The standard InChI is InChI=1S/C33H50F2O2/c1-8-27-12-13-30(18-28(27)9-2)25(6)32(34)17-24(5)31-15-14-29(19-33(31)35)23(4)11-10-22(3)16-26(20-36)21-37-7/h17-19,22-23,26,36H,8-16,20-21H2,1-7H3/b24-17+,32-25-. The first kappa shape index (κ1) is 31.4. The van der Waals surface area contributed by atoms with Crippen molar-refractivity contribution in [1.29, 1.82) is 0 Å². The molecule has 0 saturated carbocycles. The van der Waals surface area contributed by atoms with Crippen LogP contribution in [0.5, 0.6) is 0 Å². The quantitative estimate of drug-likeness (QED) is 0.233. The van der Waals surface area contributed by atoms with E-state index in [1.165, 1.54) is 17.2 Å². The number of allylic oxidation sites excluding steroid dienone is 12. The lowest BCUT2D eigenvalue weighted by molar-refractivity contribution is 0.0950. The van der Waals surface area contributed by atoms with E-state index in [2.05, 4.69) is 33.8 Å². The molecule has 0 aromatic carbocycles. The van der Waals surface area contributed by atoms with Crippen molar-refractivity contribution in [1.82, 2.24) is 0 Å². The molecule has 2 aliphatic carbocycles. The molecule has 0 fully saturated rings. The molecule has 0 bridgehead atoms. The van der Waals surface area contributed by atoms with E-state index in [-0.39, 0.29) is 24.2 Å². The van der Waals surface area contributed by atoms with Crippen molar-refractivity contribution in [3.8, 4) is 0 Å². The molecule has 208 valence electrons. The Morgan fingerprint density at radius 2 is 1.78 bits per heavy atom. The van der Waals surface area contributed by atoms with Gasteiger partial charge in [-0.2, -0.15) is 0 Å². The first-order chi connectivity index (χ1) is 17.6. The predicted octanol–water partition coefficient (Wildman–Crippen LogP) is 9.65. The summed E-state index contributed by atoms with van der Waals surface area (Å²) in [6, 6.07) is 0. The average Bonchev–Trinajstić information content (AvgIpc) is 2.90. The fraction of sp³-hybridized carbons (Fsp3) is 0.636. The van der Waals surface area contributed by atoms with Gasteiger partial charge in [-0.1, -0.05) is 51.3 Å². The Morgan fingerprint density at radius 3 is 2.38 bits per heavy atom. The van der Waals surface area contributed by atoms with E-state index < -0.39 is 0 Å². The molecule has 37 heavy (non-hydrogen) atoms. The highest BCUT2D eigenvalue weighted by Crippen LogP contribution is 2.37. The molecule has 2 rings (SSSR count). The van der Waals surface area contributed by atoms with Crippen LogP contribution in [0.15, 0.2) is 68.9 Å². The van der Waals surface area contributed by atoms with Crippen LogP contribution >= 0.6 is 0 Å². The van der Waals surface area contributed by atoms with Gasteiger partial charge in [0.15, 0.2) is 0 Å². The minimum Gasteiger partial charge on any atom is -0.396 e. The Kier molecular flexibility index (Phi) is 13.2. The zero-order chi connectivity index (χ0) is 27.5. The van der Waals surface area contributed by atoms with E-state index in [1.54, 1.807) is 13.2 Å². The predicted molar refractivity (Wildman–Crippen MR) is 153 cm³/mol. The molecule has 0 heterocycles. The Hall–Kier alpha value is -1.78. The molecule has 3 unspecified atom stereocenters. The zero-order valence-electron chi connectivity index (χ0n) is 24.4. The van der Waals surface area contributed by atoms with Gasteiger partial charge in [0.1, 0.15) is 11.7 Å². The molecule has 2 aliphatic rings. The van der Waals surface area contributed by atoms with Crippen molar-refractivity contribution in [3.05, 3.63) is 68.9 Å². The molecule has 4 heteroatoms. The first-order valence-electron chi connectivity index (χ1n) is 14.3. The Labute approximate surface area is 225 Å². The van der Waals surface area contributed by atoms with E-state index in [0.29, 0.717) is 41.6 Å². The molecule has 0 amide bonds. The zero-order valence-corrected chi connectivity index (χ0v) is 24.4. The van der Waals surface area contributed by atoms with Gasteiger partial charge in [-0.25, -0.2) is 8.78 Å². The fourth-order valence-electron chi connectivity index (χ4n) is 5.74. The second kappa shape index (κ2) is 15.6. The van der Waals surface area contributed by atoms with Gasteiger partial charge < -0.3 is 9.84 Å². The molecular formula is C33H50F2O2. The summed E-state index contributed by atoms with van der Waals surface area (Å²) in [5, 5.41) is 9.51. The highest BCUT2D eigenvalue weighted by Gasteiger charge is 2.21. The van der Waals surface area contributed by atoms with Crippen molar-refractivity contribution < 1.29 is 18.6 Å². The van der Waals surface area contributed by atoms with Crippen LogP contribution in [0.3, 0.4) is 0 Å². The van der Waals surface area contributed by atoms with Crippen molar-refractivity contribution in [2.75, 3.05) is 20.3 Å². The summed E-state index contributed by atoms with van der Waals surface area (Å²) >= 11 is 0. The summed E-state index contributed by atoms with van der Waals surface area (Å²) in [7, 11) is 1.67. The van der Waals surface area contributed by atoms with Crippen LogP contribution in [0.2, 0.25) is 0 Å². The maximum atomic E-state index is 15.2. The number of rotatable bonds is 14. The van der Waals surface area contributed by atoms with Gasteiger partial charge in [0.2, 0.25) is 0 Å². The van der Waals surface area contributed by atoms with Gasteiger partial charge in [0.05, 0.1) is 6.61 Å². The third kappa shape index (κ3) is 9.18. The van der Waals surface area contributed by atoms with Gasteiger partial charge in [-0.05, 0) is 117 Å². The molecule has 3 atom stereocenters. The van der Waals surface area contributed by atoms with Gasteiger partial charge in [-0.15, -0.1) is 0 Å². The van der Waals surface area contributed by atoms with Crippen molar-refractivity contribution in [3.63, 3.8) is 0 Å². The molecule has 0 radical (unpaired) electrons. The van der Waals surface area contributed by atoms with Gasteiger partial charge in [0, 0.05) is 19.6 Å². The van der Waals surface area contributed by atoms with Crippen molar-refractivity contribution in [2.24, 2.45) is 17.8 Å². The van der Waals surface area contributed by atoms with Crippen molar-refractivity contribution in [2.45, 2.75) is 99.3 Å². The van der Waals surface area contributed by atoms with E-state index in [1.807, 2.05) is 13.8 Å². The van der Waals surface area contributed by atoms with Crippen LogP contribution in [0.4, 0.5) is 8.78 Å². The van der Waals surface area contributed by atoms with Crippen LogP contribution in [0, 0.1) is 17.8 Å². The molecule has 0 aromatic heterocycles. The summed E-state index contributed by atoms with van der Waals surface area (Å²) in [6.45, 7) is 13.1. The second-order valence-electron chi connectivity index (χ2n) is 11.2. The summed E-state index contributed by atoms with van der Waals surface area (Å²) in [5.41, 5.74) is 6.99. The lowest BCUT2D eigenvalue weighted by atomic mass is 9.83. The van der Waals surface area contributed by atoms with Gasteiger partial charge >= 0.3 is 0 Å². The average molecular weight is 517 g/mol. The minimum atomic E-state index is -0.258.